The van der Waals surface area contributed by atoms with Gasteiger partial charge in [0.1, 0.15) is 5.78 Å². The Morgan fingerprint density at radius 1 is 1.40 bits per heavy atom. The molecule has 1 heterocycles. The summed E-state index contributed by atoms with van der Waals surface area (Å²) in [5.41, 5.74) is 0. The van der Waals surface area contributed by atoms with E-state index < -0.39 is 0 Å². The highest BCUT2D eigenvalue weighted by atomic mass is 16.1. The van der Waals surface area contributed by atoms with Gasteiger partial charge >= 0.3 is 0 Å². The number of Topliss-reactive ketones (excluding diaryl/α,β-unsaturated/α-hetero) is 1. The lowest BCUT2D eigenvalue weighted by Gasteiger charge is -2.29. The lowest BCUT2D eigenvalue weighted by Crippen LogP contribution is -2.47. The molecular formula is C8H15NO. The molecule has 0 bridgehead atoms. The van der Waals surface area contributed by atoms with E-state index >= 15 is 0 Å². The first-order valence-electron chi connectivity index (χ1n) is 3.90. The number of carbonyl (C=O) groups is 1. The van der Waals surface area contributed by atoms with E-state index in [1.165, 1.54) is 0 Å². The van der Waals surface area contributed by atoms with E-state index in [-0.39, 0.29) is 11.8 Å². The normalized spacial score (nSPS) is 41.9. The van der Waals surface area contributed by atoms with Crippen LogP contribution in [0, 0.1) is 11.8 Å². The first-order chi connectivity index (χ1) is 4.63. The minimum atomic E-state index is 0.198. The smallest absolute Gasteiger partial charge is 0.141 e. The molecule has 3 atom stereocenters. The Morgan fingerprint density at radius 2 is 2.00 bits per heavy atom. The lowest BCUT2D eigenvalue weighted by atomic mass is 9.86. The predicted octanol–water partition coefficient (Wildman–Crippen LogP) is 0.819. The summed E-state index contributed by atoms with van der Waals surface area (Å²) < 4.78 is 0. The molecule has 1 N–H and O–H groups in total. The largest absolute Gasteiger partial charge is 0.313 e. The van der Waals surface area contributed by atoms with E-state index in [1.54, 1.807) is 0 Å². The zero-order chi connectivity index (χ0) is 7.72. The van der Waals surface area contributed by atoms with Crippen molar-refractivity contribution in [2.75, 3.05) is 6.54 Å². The molecule has 10 heavy (non-hydrogen) atoms. The number of piperidine rings is 1. The zero-order valence-corrected chi connectivity index (χ0v) is 6.85. The van der Waals surface area contributed by atoms with Gasteiger partial charge in [-0.1, -0.05) is 13.8 Å². The van der Waals surface area contributed by atoms with Crippen LogP contribution in [0.2, 0.25) is 0 Å². The Morgan fingerprint density at radius 3 is 2.50 bits per heavy atom. The van der Waals surface area contributed by atoms with E-state index in [0.717, 1.165) is 6.54 Å². The fraction of sp³-hybridized carbons (Fsp3) is 0.875. The fourth-order valence-corrected chi connectivity index (χ4v) is 1.34. The van der Waals surface area contributed by atoms with Crippen LogP contribution in [0.15, 0.2) is 0 Å². The van der Waals surface area contributed by atoms with Gasteiger partial charge in [-0.15, -0.1) is 0 Å². The average Bonchev–Trinajstić information content (AvgIpc) is 1.93. The Bertz CT molecular complexity index is 144. The van der Waals surface area contributed by atoms with E-state index in [4.69, 9.17) is 0 Å². The van der Waals surface area contributed by atoms with E-state index in [2.05, 4.69) is 12.2 Å². The second-order valence-electron chi connectivity index (χ2n) is 3.29. The number of hydrogen-bond donors (Lipinski definition) is 1. The van der Waals surface area contributed by atoms with Gasteiger partial charge in [0.15, 0.2) is 0 Å². The van der Waals surface area contributed by atoms with Crippen LogP contribution in [-0.2, 0) is 4.79 Å². The topological polar surface area (TPSA) is 29.1 Å². The fourth-order valence-electron chi connectivity index (χ4n) is 1.34. The monoisotopic (exact) mass is 141 g/mol. The molecule has 1 rings (SSSR count). The SMILES string of the molecule is CC1CNC(C)C(C)C1=O. The minimum absolute atomic E-state index is 0.198. The van der Waals surface area contributed by atoms with Gasteiger partial charge in [-0.25, -0.2) is 0 Å². The molecule has 1 saturated heterocycles. The molecule has 2 nitrogen and oxygen atoms in total. The van der Waals surface area contributed by atoms with Gasteiger partial charge in [0.05, 0.1) is 0 Å². The molecule has 1 aliphatic rings. The summed E-state index contributed by atoms with van der Waals surface area (Å²) in [5, 5.41) is 3.29. The van der Waals surface area contributed by atoms with Gasteiger partial charge in [0, 0.05) is 24.4 Å². The highest BCUT2D eigenvalue weighted by molar-refractivity contribution is 5.84. The van der Waals surface area contributed by atoms with Crippen LogP contribution >= 0.6 is 0 Å². The predicted molar refractivity (Wildman–Crippen MR) is 40.8 cm³/mol. The van der Waals surface area contributed by atoms with E-state index in [0.29, 0.717) is 11.8 Å². The first-order valence-corrected chi connectivity index (χ1v) is 3.90. The van der Waals surface area contributed by atoms with Crippen LogP contribution in [-0.4, -0.2) is 18.4 Å². The molecule has 1 aliphatic heterocycles. The number of hydrogen-bond acceptors (Lipinski definition) is 2. The van der Waals surface area contributed by atoms with Gasteiger partial charge in [-0.2, -0.15) is 0 Å². The van der Waals surface area contributed by atoms with Gasteiger partial charge in [-0.05, 0) is 6.92 Å². The van der Waals surface area contributed by atoms with Gasteiger partial charge in [0.2, 0.25) is 0 Å². The second-order valence-corrected chi connectivity index (χ2v) is 3.29. The van der Waals surface area contributed by atoms with Crippen molar-refractivity contribution < 1.29 is 4.79 Å². The molecule has 0 amide bonds. The molecule has 0 radical (unpaired) electrons. The number of carbonyl (C=O) groups excluding carboxylic acids is 1. The van der Waals surface area contributed by atoms with Gasteiger partial charge in [-0.3, -0.25) is 4.79 Å². The zero-order valence-electron chi connectivity index (χ0n) is 6.85. The van der Waals surface area contributed by atoms with Crippen LogP contribution in [0.25, 0.3) is 0 Å². The summed E-state index contributed by atoms with van der Waals surface area (Å²) in [6.07, 6.45) is 0. The van der Waals surface area contributed by atoms with Crippen molar-refractivity contribution in [2.24, 2.45) is 11.8 Å². The Hall–Kier alpha value is -0.370. The molecule has 0 spiro atoms. The molecule has 0 saturated carbocycles. The third-order valence-corrected chi connectivity index (χ3v) is 2.43. The van der Waals surface area contributed by atoms with Crippen LogP contribution in [0.1, 0.15) is 20.8 Å². The number of ketones is 1. The van der Waals surface area contributed by atoms with Gasteiger partial charge < -0.3 is 5.32 Å². The standard InChI is InChI=1S/C8H15NO/c1-5-4-9-7(3)6(2)8(5)10/h5-7,9H,4H2,1-3H3. The molecule has 3 unspecified atom stereocenters. The maximum atomic E-state index is 11.3. The van der Waals surface area contributed by atoms with Crippen LogP contribution in [0.4, 0.5) is 0 Å². The lowest BCUT2D eigenvalue weighted by molar-refractivity contribution is -0.128. The highest BCUT2D eigenvalue weighted by Crippen LogP contribution is 2.15. The molecule has 0 aromatic rings. The third kappa shape index (κ3) is 1.21. The molecule has 1 fully saturated rings. The summed E-state index contributed by atoms with van der Waals surface area (Å²) in [5.74, 6) is 0.821. The maximum absolute atomic E-state index is 11.3. The molecule has 58 valence electrons. The summed E-state index contributed by atoms with van der Waals surface area (Å²) in [7, 11) is 0. The average molecular weight is 141 g/mol. The van der Waals surface area contributed by atoms with Crippen molar-refractivity contribution in [3.8, 4) is 0 Å². The van der Waals surface area contributed by atoms with E-state index in [9.17, 15) is 4.79 Å². The van der Waals surface area contributed by atoms with Crippen molar-refractivity contribution in [3.05, 3.63) is 0 Å². The molecule has 2 heteroatoms. The molecule has 0 aromatic heterocycles. The Labute approximate surface area is 62.0 Å². The van der Waals surface area contributed by atoms with Crippen molar-refractivity contribution in [1.29, 1.82) is 0 Å². The Kier molecular flexibility index (Phi) is 2.09. The van der Waals surface area contributed by atoms with Crippen LogP contribution in [0.3, 0.4) is 0 Å². The summed E-state index contributed by atoms with van der Waals surface area (Å²) in [6, 6.07) is 0.365. The van der Waals surface area contributed by atoms with Crippen LogP contribution < -0.4 is 5.32 Å². The molecular weight excluding hydrogens is 126 g/mol. The molecule has 0 aromatic carbocycles. The number of nitrogens with one attached hydrogen (secondary N) is 1. The van der Waals surface area contributed by atoms with Crippen molar-refractivity contribution in [2.45, 2.75) is 26.8 Å². The maximum Gasteiger partial charge on any atom is 0.141 e. The molecule has 0 aliphatic carbocycles. The van der Waals surface area contributed by atoms with Crippen molar-refractivity contribution in [1.82, 2.24) is 5.32 Å². The summed E-state index contributed by atoms with van der Waals surface area (Å²) >= 11 is 0. The summed E-state index contributed by atoms with van der Waals surface area (Å²) in [6.45, 7) is 6.90. The third-order valence-electron chi connectivity index (χ3n) is 2.43. The first kappa shape index (κ1) is 7.73. The summed E-state index contributed by atoms with van der Waals surface area (Å²) in [4.78, 5) is 11.3. The van der Waals surface area contributed by atoms with E-state index in [1.807, 2.05) is 13.8 Å². The van der Waals surface area contributed by atoms with Crippen molar-refractivity contribution >= 4 is 5.78 Å². The van der Waals surface area contributed by atoms with Crippen LogP contribution in [0.5, 0.6) is 0 Å². The number of rotatable bonds is 0. The second kappa shape index (κ2) is 2.70. The quantitative estimate of drug-likeness (QED) is 0.541. The minimum Gasteiger partial charge on any atom is -0.313 e. The van der Waals surface area contributed by atoms with Gasteiger partial charge in [0.25, 0.3) is 0 Å². The Balaban J connectivity index is 2.60. The van der Waals surface area contributed by atoms with Crippen molar-refractivity contribution in [3.63, 3.8) is 0 Å². The highest BCUT2D eigenvalue weighted by Gasteiger charge is 2.29.